The van der Waals surface area contributed by atoms with Gasteiger partial charge in [-0.25, -0.2) is 9.37 Å². The lowest BCUT2D eigenvalue weighted by atomic mass is 10.4. The van der Waals surface area contributed by atoms with Crippen LogP contribution in [0.2, 0.25) is 0 Å². The van der Waals surface area contributed by atoms with Crippen LogP contribution in [-0.2, 0) is 0 Å². The summed E-state index contributed by atoms with van der Waals surface area (Å²) in [6.07, 6.45) is 1.38. The minimum Gasteiger partial charge on any atom is -0.243 e. The molecule has 3 heteroatoms. The van der Waals surface area contributed by atoms with Crippen LogP contribution in [0.15, 0.2) is 18.3 Å². The van der Waals surface area contributed by atoms with Gasteiger partial charge in [-0.05, 0) is 12.1 Å². The minimum atomic E-state index is -0.569. The maximum atomic E-state index is 12.3. The Morgan fingerprint density at radius 2 is 2.18 bits per heavy atom. The third-order valence-corrected chi connectivity index (χ3v) is 0.864. The van der Waals surface area contributed by atoms with E-state index in [1.165, 1.54) is 18.3 Å². The molecule has 1 heterocycles. The molecule has 0 bridgehead atoms. The number of halogens is 1. The number of rotatable bonds is 0. The van der Waals surface area contributed by atoms with Crippen molar-refractivity contribution in [1.82, 2.24) is 4.98 Å². The molecule has 0 spiro atoms. The molecule has 0 saturated carbocycles. The van der Waals surface area contributed by atoms with Gasteiger partial charge in [-0.15, -0.1) is 0 Å². The van der Waals surface area contributed by atoms with E-state index in [1.54, 1.807) is 6.07 Å². The minimum absolute atomic E-state index is 0.155. The van der Waals surface area contributed by atoms with Crippen LogP contribution in [0.1, 0.15) is 19.5 Å². The molecule has 0 aromatic carbocycles. The van der Waals surface area contributed by atoms with E-state index in [9.17, 15) is 4.39 Å². The maximum absolute atomic E-state index is 12.3. The normalized spacial score (nSPS) is 7.45. The highest BCUT2D eigenvalue weighted by molar-refractivity contribution is 5.20. The third-order valence-electron chi connectivity index (χ3n) is 0.864. The predicted molar refractivity (Wildman–Crippen MR) is 40.3 cm³/mol. The first-order valence-corrected chi connectivity index (χ1v) is 3.35. The number of hydrogen-bond donors (Lipinski definition) is 0. The van der Waals surface area contributed by atoms with Gasteiger partial charge >= 0.3 is 0 Å². The Labute approximate surface area is 65.3 Å². The number of aromatic nitrogens is 1. The summed E-state index contributed by atoms with van der Waals surface area (Å²) in [5.41, 5.74) is -0.155. The van der Waals surface area contributed by atoms with Crippen LogP contribution < -0.4 is 0 Å². The summed E-state index contributed by atoms with van der Waals surface area (Å²) in [7, 11) is 0. The Hall–Kier alpha value is -1.43. The second kappa shape index (κ2) is 5.36. The Kier molecular flexibility index (Phi) is 4.67. The molecule has 0 amide bonds. The summed E-state index contributed by atoms with van der Waals surface area (Å²) in [4.78, 5) is 3.46. The van der Waals surface area contributed by atoms with E-state index in [1.807, 2.05) is 13.8 Å². The molecule has 0 aliphatic heterocycles. The zero-order chi connectivity index (χ0) is 8.69. The van der Waals surface area contributed by atoms with Crippen molar-refractivity contribution in [1.29, 1.82) is 5.26 Å². The number of pyridine rings is 1. The van der Waals surface area contributed by atoms with E-state index in [4.69, 9.17) is 5.26 Å². The summed E-state index contributed by atoms with van der Waals surface area (Å²) in [6, 6.07) is 4.25. The zero-order valence-electron chi connectivity index (χ0n) is 6.50. The molecular weight excluding hydrogens is 143 g/mol. The van der Waals surface area contributed by atoms with Crippen molar-refractivity contribution in [2.75, 3.05) is 0 Å². The summed E-state index contributed by atoms with van der Waals surface area (Å²) >= 11 is 0. The van der Waals surface area contributed by atoms with E-state index in [-0.39, 0.29) is 5.69 Å². The van der Waals surface area contributed by atoms with Crippen LogP contribution in [0, 0.1) is 17.1 Å². The number of nitrogens with zero attached hydrogens (tertiary/aromatic N) is 2. The van der Waals surface area contributed by atoms with Gasteiger partial charge in [0.25, 0.3) is 0 Å². The van der Waals surface area contributed by atoms with Gasteiger partial charge in [0, 0.05) is 6.20 Å². The van der Waals surface area contributed by atoms with Crippen molar-refractivity contribution in [2.24, 2.45) is 0 Å². The molecule has 0 radical (unpaired) electrons. The quantitative estimate of drug-likeness (QED) is 0.571. The third kappa shape index (κ3) is 2.76. The molecule has 0 aliphatic rings. The fourth-order valence-electron chi connectivity index (χ4n) is 0.468. The standard InChI is InChI=1S/C6H3FN2.C2H6/c7-5-2-1-3-9-6(5)4-8;1-2/h1-3H;1-2H3. The smallest absolute Gasteiger partial charge is 0.176 e. The lowest BCUT2D eigenvalue weighted by molar-refractivity contribution is 0.616. The molecule has 1 aromatic heterocycles. The molecule has 0 atom stereocenters. The fraction of sp³-hybridized carbons (Fsp3) is 0.250. The van der Waals surface area contributed by atoms with E-state index >= 15 is 0 Å². The Balaban J connectivity index is 0.000000461. The van der Waals surface area contributed by atoms with E-state index in [0.29, 0.717) is 0 Å². The van der Waals surface area contributed by atoms with Gasteiger partial charge < -0.3 is 0 Å². The van der Waals surface area contributed by atoms with Crippen molar-refractivity contribution in [2.45, 2.75) is 13.8 Å². The van der Waals surface area contributed by atoms with Crippen LogP contribution in [0.25, 0.3) is 0 Å². The molecule has 58 valence electrons. The number of nitriles is 1. The summed E-state index contributed by atoms with van der Waals surface area (Å²) in [5, 5.41) is 8.17. The first-order valence-electron chi connectivity index (χ1n) is 3.35. The summed E-state index contributed by atoms with van der Waals surface area (Å²) in [5.74, 6) is -0.569. The maximum Gasteiger partial charge on any atom is 0.176 e. The van der Waals surface area contributed by atoms with Crippen LogP contribution in [0.4, 0.5) is 4.39 Å². The van der Waals surface area contributed by atoms with Gasteiger partial charge in [-0.3, -0.25) is 0 Å². The van der Waals surface area contributed by atoms with Crippen molar-refractivity contribution in [3.8, 4) is 6.07 Å². The van der Waals surface area contributed by atoms with Crippen molar-refractivity contribution in [3.63, 3.8) is 0 Å². The molecule has 0 saturated heterocycles. The molecular formula is C8H9FN2. The Morgan fingerprint density at radius 1 is 1.55 bits per heavy atom. The summed E-state index contributed by atoms with van der Waals surface area (Å²) in [6.45, 7) is 4.00. The molecule has 0 N–H and O–H groups in total. The molecule has 0 unspecified atom stereocenters. The van der Waals surface area contributed by atoms with Gasteiger partial charge in [-0.1, -0.05) is 13.8 Å². The van der Waals surface area contributed by atoms with Gasteiger partial charge in [0.15, 0.2) is 11.5 Å². The molecule has 0 aliphatic carbocycles. The van der Waals surface area contributed by atoms with Gasteiger partial charge in [-0.2, -0.15) is 5.26 Å². The molecule has 1 rings (SSSR count). The summed E-state index contributed by atoms with van der Waals surface area (Å²) < 4.78 is 12.3. The topological polar surface area (TPSA) is 36.7 Å². The highest BCUT2D eigenvalue weighted by Gasteiger charge is 1.96. The first kappa shape index (κ1) is 9.57. The second-order valence-electron chi connectivity index (χ2n) is 1.45. The average molecular weight is 152 g/mol. The Bertz CT molecular complexity index is 253. The monoisotopic (exact) mass is 152 g/mol. The SMILES string of the molecule is CC.N#Cc1ncccc1F. The molecule has 11 heavy (non-hydrogen) atoms. The van der Waals surface area contributed by atoms with E-state index < -0.39 is 5.82 Å². The van der Waals surface area contributed by atoms with Crippen LogP contribution >= 0.6 is 0 Å². The first-order chi connectivity index (χ1) is 5.34. The highest BCUT2D eigenvalue weighted by Crippen LogP contribution is 1.98. The fourth-order valence-corrected chi connectivity index (χ4v) is 0.468. The molecule has 0 fully saturated rings. The van der Waals surface area contributed by atoms with Crippen LogP contribution in [0.5, 0.6) is 0 Å². The average Bonchev–Trinajstić information content (AvgIpc) is 2.09. The van der Waals surface area contributed by atoms with Gasteiger partial charge in [0.1, 0.15) is 6.07 Å². The predicted octanol–water partition coefficient (Wildman–Crippen LogP) is 2.12. The molecule has 1 aromatic rings. The van der Waals surface area contributed by atoms with Crippen molar-refractivity contribution >= 4 is 0 Å². The van der Waals surface area contributed by atoms with Crippen molar-refractivity contribution in [3.05, 3.63) is 29.8 Å². The van der Waals surface area contributed by atoms with Gasteiger partial charge in [0.2, 0.25) is 0 Å². The number of hydrogen-bond acceptors (Lipinski definition) is 2. The van der Waals surface area contributed by atoms with Crippen molar-refractivity contribution < 1.29 is 4.39 Å². The van der Waals surface area contributed by atoms with Crippen LogP contribution in [0.3, 0.4) is 0 Å². The van der Waals surface area contributed by atoms with E-state index in [0.717, 1.165) is 0 Å². The van der Waals surface area contributed by atoms with E-state index in [2.05, 4.69) is 4.98 Å². The molecule has 2 nitrogen and oxygen atoms in total. The largest absolute Gasteiger partial charge is 0.243 e. The Morgan fingerprint density at radius 3 is 2.55 bits per heavy atom. The highest BCUT2D eigenvalue weighted by atomic mass is 19.1. The van der Waals surface area contributed by atoms with Gasteiger partial charge in [0.05, 0.1) is 0 Å². The lowest BCUT2D eigenvalue weighted by Crippen LogP contribution is -1.85. The second-order valence-corrected chi connectivity index (χ2v) is 1.45. The van der Waals surface area contributed by atoms with Crippen LogP contribution in [-0.4, -0.2) is 4.98 Å². The lowest BCUT2D eigenvalue weighted by Gasteiger charge is -1.85. The zero-order valence-corrected chi connectivity index (χ0v) is 6.50.